The average molecular weight is 328 g/mol. The third-order valence-electron chi connectivity index (χ3n) is 3.07. The summed E-state index contributed by atoms with van der Waals surface area (Å²) >= 11 is 0. The van der Waals surface area contributed by atoms with Gasteiger partial charge in [0.05, 0.1) is 23.7 Å². The number of aromatic nitrogens is 2. The molecule has 1 aromatic carbocycles. The molecule has 0 bridgehead atoms. The molecule has 5 nitrogen and oxygen atoms in total. The van der Waals surface area contributed by atoms with E-state index in [0.717, 1.165) is 0 Å². The molecule has 23 heavy (non-hydrogen) atoms. The van der Waals surface area contributed by atoms with Crippen LogP contribution in [0.3, 0.4) is 0 Å². The number of carbonyl (C=O) groups excluding carboxylic acids is 1. The van der Waals surface area contributed by atoms with Crippen molar-refractivity contribution in [2.45, 2.75) is 27.1 Å². The molecule has 0 atom stereocenters. The summed E-state index contributed by atoms with van der Waals surface area (Å²) in [6, 6.07) is 5.37. The number of alkyl halides is 3. The van der Waals surface area contributed by atoms with E-state index in [0.29, 0.717) is 22.6 Å². The first-order chi connectivity index (χ1) is 10.7. The highest BCUT2D eigenvalue weighted by molar-refractivity contribution is 5.92. The lowest BCUT2D eigenvalue weighted by Crippen LogP contribution is -2.17. The van der Waals surface area contributed by atoms with Crippen molar-refractivity contribution in [3.8, 4) is 11.4 Å². The Morgan fingerprint density at radius 2 is 2.00 bits per heavy atom. The SMILES string of the molecule is CCOC(=O)c1c(C)nn(-c2cccc(OC(F)(F)F)c2)c1C. The van der Waals surface area contributed by atoms with Crippen molar-refractivity contribution in [3.63, 3.8) is 0 Å². The molecule has 2 aromatic rings. The van der Waals surface area contributed by atoms with Gasteiger partial charge < -0.3 is 9.47 Å². The van der Waals surface area contributed by atoms with Crippen molar-refractivity contribution in [2.75, 3.05) is 6.61 Å². The summed E-state index contributed by atoms with van der Waals surface area (Å²) in [5, 5.41) is 4.20. The van der Waals surface area contributed by atoms with Crippen LogP contribution in [0.5, 0.6) is 5.75 Å². The van der Waals surface area contributed by atoms with E-state index >= 15 is 0 Å². The summed E-state index contributed by atoms with van der Waals surface area (Å²) in [6.45, 7) is 5.18. The van der Waals surface area contributed by atoms with Crippen LogP contribution in [0.2, 0.25) is 0 Å². The predicted molar refractivity (Wildman–Crippen MR) is 75.7 cm³/mol. The fraction of sp³-hybridized carbons (Fsp3) is 0.333. The van der Waals surface area contributed by atoms with Crippen molar-refractivity contribution in [3.05, 3.63) is 41.2 Å². The van der Waals surface area contributed by atoms with E-state index in [2.05, 4.69) is 9.84 Å². The third-order valence-corrected chi connectivity index (χ3v) is 3.07. The second-order valence-electron chi connectivity index (χ2n) is 4.72. The average Bonchev–Trinajstić information content (AvgIpc) is 2.72. The van der Waals surface area contributed by atoms with Gasteiger partial charge in [-0.25, -0.2) is 9.48 Å². The minimum absolute atomic E-state index is 0.220. The van der Waals surface area contributed by atoms with Crippen molar-refractivity contribution >= 4 is 5.97 Å². The molecule has 1 aromatic heterocycles. The number of carbonyl (C=O) groups is 1. The van der Waals surface area contributed by atoms with Crippen LogP contribution < -0.4 is 4.74 Å². The smallest absolute Gasteiger partial charge is 0.462 e. The molecule has 0 N–H and O–H groups in total. The molecule has 0 aliphatic rings. The Morgan fingerprint density at radius 3 is 2.61 bits per heavy atom. The van der Waals surface area contributed by atoms with Gasteiger partial charge in [0, 0.05) is 6.07 Å². The van der Waals surface area contributed by atoms with Gasteiger partial charge in [0.2, 0.25) is 0 Å². The fourth-order valence-corrected chi connectivity index (χ4v) is 2.21. The number of nitrogens with zero attached hydrogens (tertiary/aromatic N) is 2. The Labute approximate surface area is 130 Å². The Hall–Kier alpha value is -2.51. The first-order valence-corrected chi connectivity index (χ1v) is 6.82. The predicted octanol–water partition coefficient (Wildman–Crippen LogP) is 3.56. The minimum atomic E-state index is -4.77. The van der Waals surface area contributed by atoms with Gasteiger partial charge in [-0.3, -0.25) is 0 Å². The highest BCUT2D eigenvalue weighted by Gasteiger charge is 2.31. The molecule has 2 rings (SSSR count). The van der Waals surface area contributed by atoms with Crippen LogP contribution in [-0.4, -0.2) is 28.7 Å². The second kappa shape index (κ2) is 6.31. The van der Waals surface area contributed by atoms with Gasteiger partial charge in [0.1, 0.15) is 11.3 Å². The molecule has 0 radical (unpaired) electrons. The van der Waals surface area contributed by atoms with Gasteiger partial charge in [-0.2, -0.15) is 5.10 Å². The number of ether oxygens (including phenoxy) is 2. The number of esters is 1. The zero-order valence-corrected chi connectivity index (χ0v) is 12.8. The van der Waals surface area contributed by atoms with Crippen LogP contribution >= 0.6 is 0 Å². The Bertz CT molecular complexity index is 723. The lowest BCUT2D eigenvalue weighted by molar-refractivity contribution is -0.274. The van der Waals surface area contributed by atoms with Crippen LogP contribution in [-0.2, 0) is 4.74 Å². The van der Waals surface area contributed by atoms with Gasteiger partial charge in [-0.15, -0.1) is 13.2 Å². The monoisotopic (exact) mass is 328 g/mol. The molecule has 0 aliphatic heterocycles. The number of hydrogen-bond donors (Lipinski definition) is 0. The lowest BCUT2D eigenvalue weighted by Gasteiger charge is -2.11. The molecule has 0 saturated heterocycles. The molecule has 8 heteroatoms. The van der Waals surface area contributed by atoms with Crippen molar-refractivity contribution in [1.82, 2.24) is 9.78 Å². The molecular formula is C15H15F3N2O3. The van der Waals surface area contributed by atoms with Crippen molar-refractivity contribution in [1.29, 1.82) is 0 Å². The van der Waals surface area contributed by atoms with Gasteiger partial charge in [0.25, 0.3) is 0 Å². The highest BCUT2D eigenvalue weighted by Crippen LogP contribution is 2.26. The van der Waals surface area contributed by atoms with Crippen molar-refractivity contribution in [2.24, 2.45) is 0 Å². The Balaban J connectivity index is 2.42. The molecule has 0 unspecified atom stereocenters. The number of benzene rings is 1. The maximum atomic E-state index is 12.3. The van der Waals surface area contributed by atoms with E-state index in [1.807, 2.05) is 0 Å². The van der Waals surface area contributed by atoms with Crippen LogP contribution in [0, 0.1) is 13.8 Å². The normalized spacial score (nSPS) is 11.4. The molecule has 0 saturated carbocycles. The Morgan fingerprint density at radius 1 is 1.30 bits per heavy atom. The van der Waals surface area contributed by atoms with Crippen LogP contribution in [0.25, 0.3) is 5.69 Å². The summed E-state index contributed by atoms with van der Waals surface area (Å²) in [6.07, 6.45) is -4.77. The zero-order chi connectivity index (χ0) is 17.2. The fourth-order valence-electron chi connectivity index (χ4n) is 2.21. The Kier molecular flexibility index (Phi) is 4.63. The maximum Gasteiger partial charge on any atom is 0.573 e. The van der Waals surface area contributed by atoms with E-state index < -0.39 is 12.3 Å². The number of halogens is 3. The summed E-state index contributed by atoms with van der Waals surface area (Å²) in [5.41, 5.74) is 1.56. The van der Waals surface area contributed by atoms with Crippen LogP contribution in [0.4, 0.5) is 13.2 Å². The van der Waals surface area contributed by atoms with Crippen LogP contribution in [0.15, 0.2) is 24.3 Å². The van der Waals surface area contributed by atoms with Gasteiger partial charge in [0.15, 0.2) is 0 Å². The van der Waals surface area contributed by atoms with E-state index in [4.69, 9.17) is 4.74 Å². The van der Waals surface area contributed by atoms with Crippen LogP contribution in [0.1, 0.15) is 28.7 Å². The van der Waals surface area contributed by atoms with Crippen molar-refractivity contribution < 1.29 is 27.4 Å². The molecule has 1 heterocycles. The standard InChI is InChI=1S/C15H15F3N2O3/c1-4-22-14(21)13-9(2)19-20(10(13)3)11-6-5-7-12(8-11)23-15(16,17)18/h5-8H,4H2,1-3H3. The number of rotatable bonds is 4. The highest BCUT2D eigenvalue weighted by atomic mass is 19.4. The summed E-state index contributed by atoms with van der Waals surface area (Å²) in [4.78, 5) is 11.9. The number of aryl methyl sites for hydroxylation is 1. The zero-order valence-electron chi connectivity index (χ0n) is 12.8. The summed E-state index contributed by atoms with van der Waals surface area (Å²) in [7, 11) is 0. The molecule has 124 valence electrons. The molecule has 0 spiro atoms. The van der Waals surface area contributed by atoms with E-state index in [1.54, 1.807) is 26.8 Å². The van der Waals surface area contributed by atoms with Gasteiger partial charge in [-0.05, 0) is 32.9 Å². The summed E-state index contributed by atoms with van der Waals surface area (Å²) in [5.74, 6) is -0.878. The molecule has 0 aliphatic carbocycles. The maximum absolute atomic E-state index is 12.3. The first-order valence-electron chi connectivity index (χ1n) is 6.82. The topological polar surface area (TPSA) is 53.3 Å². The molecule has 0 fully saturated rings. The van der Waals surface area contributed by atoms with E-state index in [1.165, 1.54) is 22.9 Å². The lowest BCUT2D eigenvalue weighted by atomic mass is 10.2. The summed E-state index contributed by atoms with van der Waals surface area (Å²) < 4.78 is 47.2. The molecular weight excluding hydrogens is 313 g/mol. The second-order valence-corrected chi connectivity index (χ2v) is 4.72. The molecule has 0 amide bonds. The third kappa shape index (κ3) is 3.82. The van der Waals surface area contributed by atoms with Gasteiger partial charge >= 0.3 is 12.3 Å². The number of hydrogen-bond acceptors (Lipinski definition) is 4. The van der Waals surface area contributed by atoms with Gasteiger partial charge in [-0.1, -0.05) is 6.07 Å². The van der Waals surface area contributed by atoms with E-state index in [-0.39, 0.29) is 12.4 Å². The first kappa shape index (κ1) is 16.9. The quantitative estimate of drug-likeness (QED) is 0.805. The van der Waals surface area contributed by atoms with E-state index in [9.17, 15) is 18.0 Å². The minimum Gasteiger partial charge on any atom is -0.462 e. The largest absolute Gasteiger partial charge is 0.573 e.